The molecule has 1 aliphatic heterocycles. The number of carbonyl (C=O) groups excluding carboxylic acids is 4. The van der Waals surface area contributed by atoms with Gasteiger partial charge in [-0.2, -0.15) is 0 Å². The number of fused-ring (bicyclic) bond motifs is 2. The van der Waals surface area contributed by atoms with E-state index in [1.807, 2.05) is 46.2 Å². The quantitative estimate of drug-likeness (QED) is 0.0792. The molecule has 0 saturated carbocycles. The van der Waals surface area contributed by atoms with Crippen molar-refractivity contribution >= 4 is 55.6 Å². The number of Topliss-reactive ketones (excluding diaryl/α,β-unsaturated/α-hetero) is 1. The Morgan fingerprint density at radius 1 is 0.922 bits per heavy atom. The molecule has 1 fully saturated rings. The third kappa shape index (κ3) is 17.9. The van der Waals surface area contributed by atoms with Crippen LogP contribution in [0.2, 0.25) is 0 Å². The first-order chi connectivity index (χ1) is 21.6. The summed E-state index contributed by atoms with van der Waals surface area (Å²) < 4.78 is 0.878. The summed E-state index contributed by atoms with van der Waals surface area (Å²) in [6.07, 6.45) is 1.70. The van der Waals surface area contributed by atoms with Crippen molar-refractivity contribution in [2.45, 2.75) is 32.9 Å². The first-order valence-corrected chi connectivity index (χ1v) is 16.0. The van der Waals surface area contributed by atoms with E-state index in [1.54, 1.807) is 13.2 Å². The molecule has 1 saturated heterocycles. The fourth-order valence-electron chi connectivity index (χ4n) is 5.27. The van der Waals surface area contributed by atoms with Gasteiger partial charge in [-0.1, -0.05) is 32.0 Å². The van der Waals surface area contributed by atoms with Gasteiger partial charge in [0.2, 0.25) is 5.91 Å². The summed E-state index contributed by atoms with van der Waals surface area (Å²) in [6, 6.07) is 10.5. The zero-order valence-electron chi connectivity index (χ0n) is 29.7. The number of carbonyl (C=O) groups is 3. The Morgan fingerprint density at radius 2 is 1.51 bits per heavy atom. The minimum atomic E-state index is -1.23. The molecule has 1 amide bonds. The molecule has 15 nitrogen and oxygen atoms in total. The van der Waals surface area contributed by atoms with Gasteiger partial charge in [-0.25, -0.2) is 11.3 Å². The Hall–Kier alpha value is -0.156. The third-order valence-electron chi connectivity index (χ3n) is 7.82. The average molecular weight is 890 g/mol. The van der Waals surface area contributed by atoms with E-state index in [9.17, 15) is 29.1 Å². The van der Waals surface area contributed by atoms with Crippen LogP contribution in [0.3, 0.4) is 0 Å². The van der Waals surface area contributed by atoms with Crippen molar-refractivity contribution in [3.63, 3.8) is 0 Å². The van der Waals surface area contributed by atoms with Gasteiger partial charge < -0.3 is 41.8 Å². The van der Waals surface area contributed by atoms with E-state index in [4.69, 9.17) is 4.98 Å². The molecule has 1 aromatic carbocycles. The predicted octanol–water partition coefficient (Wildman–Crippen LogP) is -8.78. The van der Waals surface area contributed by atoms with Crippen molar-refractivity contribution in [2.75, 3.05) is 65.4 Å². The monoisotopic (exact) mass is 890 g/mol. The molecule has 3 aromatic rings. The van der Waals surface area contributed by atoms with Crippen molar-refractivity contribution in [1.82, 2.24) is 30.3 Å². The Kier molecular flexibility index (Phi) is 30.6. The van der Waals surface area contributed by atoms with Gasteiger partial charge in [-0.3, -0.25) is 29.1 Å². The van der Waals surface area contributed by atoms with Crippen molar-refractivity contribution in [1.29, 1.82) is 0 Å². The zero-order valence-corrected chi connectivity index (χ0v) is 36.9. The molecule has 4 rings (SSSR count). The third-order valence-corrected chi connectivity index (χ3v) is 8.90. The van der Waals surface area contributed by atoms with Crippen molar-refractivity contribution < 1.29 is 149 Å². The maximum atomic E-state index is 13.1. The number of carboxylic acid groups (broad SMARTS) is 1. The molecular formula is C32H47EuN6Na2O9S+. The molecule has 1 aliphatic rings. The van der Waals surface area contributed by atoms with E-state index in [-0.39, 0.29) is 162 Å². The molecule has 9 N–H and O–H groups in total. The van der Waals surface area contributed by atoms with Gasteiger partial charge in [0.25, 0.3) is 0 Å². The van der Waals surface area contributed by atoms with Crippen molar-refractivity contribution in [3.05, 3.63) is 52.3 Å². The number of aromatic nitrogens is 1. The van der Waals surface area contributed by atoms with E-state index >= 15 is 0 Å². The first kappa shape index (κ1) is 55.2. The molecular weight excluding hydrogens is 842 g/mol. The molecule has 2 atom stereocenters. The molecule has 0 aliphatic carbocycles. The largest absolute Gasteiger partial charge is 1.00 e. The molecule has 0 bridgehead atoms. The van der Waals surface area contributed by atoms with Gasteiger partial charge in [-0.15, -0.1) is 11.3 Å². The number of nitrogens with zero attached hydrogens (tertiary/aromatic N) is 4. The van der Waals surface area contributed by atoms with Crippen LogP contribution in [0.25, 0.3) is 20.3 Å². The van der Waals surface area contributed by atoms with Crippen LogP contribution in [0, 0.1) is 55.3 Å². The maximum absolute atomic E-state index is 13.1. The maximum Gasteiger partial charge on any atom is 1.00 e. The van der Waals surface area contributed by atoms with Crippen LogP contribution >= 0.6 is 11.3 Å². The van der Waals surface area contributed by atoms with Crippen LogP contribution in [0.4, 0.5) is 0 Å². The normalized spacial score (nSPS) is 15.6. The van der Waals surface area contributed by atoms with Gasteiger partial charge in [0.15, 0.2) is 5.43 Å². The molecule has 2 aromatic heterocycles. The Bertz CT molecular complexity index is 1590. The topological polar surface area (TPSA) is 251 Å². The minimum Gasteiger partial charge on any atom is -0.550 e. The molecule has 51 heavy (non-hydrogen) atoms. The Labute approximate surface area is 386 Å². The molecule has 0 spiro atoms. The molecule has 3 heterocycles. The van der Waals surface area contributed by atoms with E-state index in [2.05, 4.69) is 15.5 Å². The van der Waals surface area contributed by atoms with Crippen LogP contribution in [-0.2, 0) is 31.2 Å². The number of hydrogen-bond acceptors (Lipinski definition) is 12. The number of carboxylic acids is 1. The number of ketones is 1. The SMILES string of the molecule is C[C@H](CC(=O)CN1CCNCCN(CC(=O)N[C@@H](C)[C-]=O)CCN(Cc2ccc3c(=O)c4ccccc4sc3n2)CC1)C(=O)[O-].O.O.[Eu].[Na+].[Na+].[OH3+]. The van der Waals surface area contributed by atoms with Gasteiger partial charge in [0, 0.05) is 137 Å². The van der Waals surface area contributed by atoms with E-state index in [0.717, 1.165) is 10.4 Å². The first-order valence-electron chi connectivity index (χ1n) is 15.2. The predicted molar refractivity (Wildman–Crippen MR) is 184 cm³/mol. The van der Waals surface area contributed by atoms with E-state index in [0.29, 0.717) is 74.5 Å². The fraction of sp³-hybridized carbons (Fsp3) is 0.500. The van der Waals surface area contributed by atoms with Crippen LogP contribution in [-0.4, -0.2) is 126 Å². The number of amides is 1. The summed E-state index contributed by atoms with van der Waals surface area (Å²) in [5, 5.41) is 18.4. The number of rotatable bonds is 11. The summed E-state index contributed by atoms with van der Waals surface area (Å²) in [4.78, 5) is 72.2. The molecule has 1 radical (unpaired) electrons. The smallest absolute Gasteiger partial charge is 0.550 e. The molecule has 273 valence electrons. The summed E-state index contributed by atoms with van der Waals surface area (Å²) in [6.45, 7) is 8.55. The second-order valence-corrected chi connectivity index (χ2v) is 12.6. The Morgan fingerprint density at radius 3 is 2.12 bits per heavy atom. The number of benzene rings is 1. The zero-order chi connectivity index (χ0) is 32.3. The van der Waals surface area contributed by atoms with Crippen LogP contribution in [0.5, 0.6) is 0 Å². The average Bonchev–Trinajstić information content (AvgIpc) is 3.00. The van der Waals surface area contributed by atoms with Gasteiger partial charge in [-0.05, 0) is 24.3 Å². The second-order valence-electron chi connectivity index (χ2n) is 11.5. The van der Waals surface area contributed by atoms with Crippen LogP contribution in [0.1, 0.15) is 26.0 Å². The van der Waals surface area contributed by atoms with Gasteiger partial charge in [0.05, 0.1) is 24.2 Å². The molecule has 19 heteroatoms. The minimum absolute atomic E-state index is 0. The summed E-state index contributed by atoms with van der Waals surface area (Å²) >= 11 is 1.48. The number of pyridine rings is 1. The van der Waals surface area contributed by atoms with E-state index < -0.39 is 17.9 Å². The van der Waals surface area contributed by atoms with E-state index in [1.165, 1.54) is 18.3 Å². The summed E-state index contributed by atoms with van der Waals surface area (Å²) in [5.41, 5.74) is 0.759. The van der Waals surface area contributed by atoms with Gasteiger partial charge >= 0.3 is 59.1 Å². The summed E-state index contributed by atoms with van der Waals surface area (Å²) in [5.74, 6) is -2.48. The van der Waals surface area contributed by atoms with Gasteiger partial charge in [0.1, 0.15) is 10.6 Å². The van der Waals surface area contributed by atoms with Crippen molar-refractivity contribution in [2.24, 2.45) is 5.92 Å². The number of hydrogen-bond donors (Lipinski definition) is 2. The van der Waals surface area contributed by atoms with Crippen molar-refractivity contribution in [3.8, 4) is 0 Å². The summed E-state index contributed by atoms with van der Waals surface area (Å²) in [7, 11) is 0. The fourth-order valence-corrected chi connectivity index (χ4v) is 6.33. The second kappa shape index (κ2) is 28.3. The number of nitrogens with one attached hydrogen (secondary N) is 2. The molecule has 0 unspecified atom stereocenters. The number of aliphatic carboxylic acids is 1. The van der Waals surface area contributed by atoms with Crippen LogP contribution in [0.15, 0.2) is 41.2 Å². The van der Waals surface area contributed by atoms with Crippen LogP contribution < -0.4 is 80.3 Å². The standard InChI is InChI=1S/C32H41N6O6S.Eu.2Na.3H2O/c1-22(32(43)44)17-25(40)19-36-11-9-33-10-12-37(20-29(41)34-23(2)21-39)14-16-38(15-13-36)18-24-7-8-27-30(42)26-5-3-4-6-28(26)45-31(27)35-24;;;;;;/h3-8,22-23,33H,9-20H2,1-2H3,(H,34,41)(H,43,44);;;;3*1H2/q-1;;2*+1;;;/t22-,23+;;;;;;/m1....../s1. The Balaban J connectivity index is -0.00000384.